The van der Waals surface area contributed by atoms with Crippen LogP contribution in [0.4, 0.5) is 22.2 Å². The molecule has 2 aromatic rings. The number of pyridine rings is 1. The van der Waals surface area contributed by atoms with Gasteiger partial charge in [0.15, 0.2) is 0 Å². The van der Waals surface area contributed by atoms with Gasteiger partial charge in [0.05, 0.1) is 5.56 Å². The van der Waals surface area contributed by atoms with Crippen molar-refractivity contribution in [2.75, 3.05) is 24.7 Å². The van der Waals surface area contributed by atoms with Crippen LogP contribution in [0.2, 0.25) is 0 Å². The summed E-state index contributed by atoms with van der Waals surface area (Å²) in [7, 11) is 3.25. The van der Waals surface area contributed by atoms with Crippen LogP contribution < -0.4 is 20.7 Å². The largest absolute Gasteiger partial charge is 0.710 e. The maximum atomic E-state index is 13.3. The third kappa shape index (κ3) is 3.38. The highest BCUT2D eigenvalue weighted by Crippen LogP contribution is 2.42. The van der Waals surface area contributed by atoms with Crippen LogP contribution in [-0.4, -0.2) is 40.9 Å². The fourth-order valence-electron chi connectivity index (χ4n) is 4.25. The summed E-state index contributed by atoms with van der Waals surface area (Å²) in [6, 6.07) is 2.87. The lowest BCUT2D eigenvalue weighted by molar-refractivity contribution is -0.603. The van der Waals surface area contributed by atoms with Crippen molar-refractivity contribution in [3.63, 3.8) is 0 Å². The van der Waals surface area contributed by atoms with Crippen molar-refractivity contribution < 1.29 is 14.3 Å². The third-order valence-corrected chi connectivity index (χ3v) is 5.71. The van der Waals surface area contributed by atoms with E-state index < -0.39 is 5.54 Å². The van der Waals surface area contributed by atoms with E-state index in [9.17, 15) is 14.8 Å². The zero-order valence-electron chi connectivity index (χ0n) is 17.3. The number of aryl methyl sites for hydroxylation is 1. The highest BCUT2D eigenvalue weighted by molar-refractivity contribution is 6.00. The van der Waals surface area contributed by atoms with Crippen molar-refractivity contribution in [3.05, 3.63) is 40.5 Å². The summed E-state index contributed by atoms with van der Waals surface area (Å²) >= 11 is 0. The number of urea groups is 1. The van der Waals surface area contributed by atoms with E-state index in [2.05, 4.69) is 25.9 Å². The quantitative estimate of drug-likeness (QED) is 0.525. The van der Waals surface area contributed by atoms with Crippen LogP contribution in [0.3, 0.4) is 0 Å². The van der Waals surface area contributed by atoms with E-state index >= 15 is 0 Å². The summed E-state index contributed by atoms with van der Waals surface area (Å²) < 4.78 is 0.811. The van der Waals surface area contributed by atoms with Crippen molar-refractivity contribution in [2.24, 2.45) is 0 Å². The second-order valence-electron chi connectivity index (χ2n) is 8.07. The monoisotopic (exact) mass is 411 g/mol. The molecule has 0 atom stereocenters. The molecule has 3 heterocycles. The third-order valence-electron chi connectivity index (χ3n) is 5.71. The molecule has 2 aliphatic rings. The number of amides is 3. The Morgan fingerprint density at radius 1 is 1.20 bits per heavy atom. The van der Waals surface area contributed by atoms with E-state index in [1.165, 1.54) is 11.2 Å². The van der Waals surface area contributed by atoms with E-state index in [4.69, 9.17) is 0 Å². The Hall–Kier alpha value is -3.43. The molecule has 0 bridgehead atoms. The molecule has 0 unspecified atom stereocenters. The number of hydrogen-bond acceptors (Lipinski definition) is 6. The maximum Gasteiger partial charge on any atom is 0.322 e. The summed E-state index contributed by atoms with van der Waals surface area (Å²) in [4.78, 5) is 34.1. The highest BCUT2D eigenvalue weighted by Gasteiger charge is 2.48. The smallest absolute Gasteiger partial charge is 0.322 e. The number of anilines is 3. The number of nitrogens with one attached hydrogen (secondary N) is 3. The molecule has 0 aromatic carbocycles. The Labute approximate surface area is 174 Å². The first-order valence-corrected chi connectivity index (χ1v) is 9.98. The summed E-state index contributed by atoms with van der Waals surface area (Å²) in [5.74, 6) is 0.757. The Balaban J connectivity index is 1.69. The van der Waals surface area contributed by atoms with Crippen molar-refractivity contribution in [3.8, 4) is 0 Å². The van der Waals surface area contributed by atoms with Crippen LogP contribution >= 0.6 is 0 Å². The van der Waals surface area contributed by atoms with Gasteiger partial charge in [-0.25, -0.2) is 19.8 Å². The molecule has 1 aliphatic carbocycles. The first-order valence-electron chi connectivity index (χ1n) is 9.98. The molecule has 1 spiro atoms. The number of fused-ring (bicyclic) bond motifs is 2. The van der Waals surface area contributed by atoms with Crippen LogP contribution in [0.25, 0.3) is 0 Å². The first-order chi connectivity index (χ1) is 14.3. The molecule has 1 aliphatic heterocycles. The topological polar surface area (TPSA) is 126 Å². The SMILES string of the molecule is Cc1cc(Nc2cc(NC(=O)N(C)C)ncn2)[n+]([O-])c2c1C(=O)NC21CCCCC1. The molecule has 2 aromatic heterocycles. The zero-order valence-corrected chi connectivity index (χ0v) is 17.3. The fraction of sp³-hybridized carbons (Fsp3) is 0.450. The number of carbonyl (C=O) groups is 2. The lowest BCUT2D eigenvalue weighted by Crippen LogP contribution is -2.49. The van der Waals surface area contributed by atoms with Gasteiger partial charge in [-0.15, -0.1) is 0 Å². The van der Waals surface area contributed by atoms with Gasteiger partial charge in [0.2, 0.25) is 5.82 Å². The van der Waals surface area contributed by atoms with Gasteiger partial charge < -0.3 is 15.4 Å². The average molecular weight is 411 g/mol. The molecular weight excluding hydrogens is 386 g/mol. The summed E-state index contributed by atoms with van der Waals surface area (Å²) in [6.07, 6.45) is 5.85. The van der Waals surface area contributed by atoms with Crippen molar-refractivity contribution in [1.82, 2.24) is 20.2 Å². The van der Waals surface area contributed by atoms with Gasteiger partial charge in [-0.2, -0.15) is 4.98 Å². The van der Waals surface area contributed by atoms with E-state index in [1.54, 1.807) is 26.2 Å². The Morgan fingerprint density at radius 2 is 1.90 bits per heavy atom. The minimum Gasteiger partial charge on any atom is -0.710 e. The lowest BCUT2D eigenvalue weighted by atomic mass is 9.79. The second-order valence-corrected chi connectivity index (χ2v) is 8.07. The highest BCUT2D eigenvalue weighted by atomic mass is 16.5. The molecule has 1 saturated carbocycles. The molecule has 3 N–H and O–H groups in total. The Kier molecular flexibility index (Phi) is 4.92. The Morgan fingerprint density at radius 3 is 2.60 bits per heavy atom. The van der Waals surface area contributed by atoms with Crippen LogP contribution in [0.1, 0.15) is 53.7 Å². The van der Waals surface area contributed by atoms with Gasteiger partial charge in [0, 0.05) is 26.2 Å². The van der Waals surface area contributed by atoms with E-state index in [1.807, 2.05) is 6.92 Å². The van der Waals surface area contributed by atoms with E-state index in [-0.39, 0.29) is 17.8 Å². The number of nitrogens with zero attached hydrogens (tertiary/aromatic N) is 4. The molecule has 0 radical (unpaired) electrons. The second kappa shape index (κ2) is 7.43. The first kappa shape index (κ1) is 19.9. The maximum absolute atomic E-state index is 13.3. The zero-order chi connectivity index (χ0) is 21.5. The van der Waals surface area contributed by atoms with Gasteiger partial charge in [-0.3, -0.25) is 10.1 Å². The van der Waals surface area contributed by atoms with Crippen LogP contribution in [0.5, 0.6) is 0 Å². The number of carbonyl (C=O) groups excluding carboxylic acids is 2. The van der Waals surface area contributed by atoms with Crippen LogP contribution in [-0.2, 0) is 5.54 Å². The molecule has 0 saturated heterocycles. The molecule has 1 fully saturated rings. The number of aromatic nitrogens is 3. The van der Waals surface area contributed by atoms with Gasteiger partial charge in [0.25, 0.3) is 11.7 Å². The van der Waals surface area contributed by atoms with E-state index in [0.717, 1.165) is 42.4 Å². The predicted octanol–water partition coefficient (Wildman–Crippen LogP) is 2.16. The van der Waals surface area contributed by atoms with Crippen molar-refractivity contribution >= 4 is 29.4 Å². The summed E-state index contributed by atoms with van der Waals surface area (Å²) in [5, 5.41) is 22.1. The molecule has 3 amide bonds. The van der Waals surface area contributed by atoms with Crippen LogP contribution in [0.15, 0.2) is 18.5 Å². The van der Waals surface area contributed by atoms with Gasteiger partial charge in [-0.1, -0.05) is 19.3 Å². The molecular formula is C20H25N7O3. The normalized spacial score (nSPS) is 16.7. The van der Waals surface area contributed by atoms with E-state index in [0.29, 0.717) is 22.9 Å². The molecule has 4 rings (SSSR count). The fourth-order valence-corrected chi connectivity index (χ4v) is 4.25. The number of hydrogen-bond donors (Lipinski definition) is 3. The molecule has 10 heteroatoms. The lowest BCUT2D eigenvalue weighted by Gasteiger charge is -2.34. The van der Waals surface area contributed by atoms with Crippen molar-refractivity contribution in [2.45, 2.75) is 44.6 Å². The predicted molar refractivity (Wildman–Crippen MR) is 110 cm³/mol. The van der Waals surface area contributed by atoms with Crippen molar-refractivity contribution in [1.29, 1.82) is 0 Å². The minimum atomic E-state index is -0.606. The standard InChI is InChI=1S/C20H25N7O3/c1-12-9-15(23-13-10-14(22-11-21-13)24-19(29)26(2)3)27(30)17-16(12)18(28)25-20(17)7-5-4-6-8-20/h9-11H,4-8H2,1-3H3,(H,25,28)(H2,21,22,23,24,29). The molecule has 30 heavy (non-hydrogen) atoms. The summed E-state index contributed by atoms with van der Waals surface area (Å²) in [5.41, 5.74) is 1.09. The summed E-state index contributed by atoms with van der Waals surface area (Å²) in [6.45, 7) is 1.83. The Bertz CT molecular complexity index is 1020. The average Bonchev–Trinajstić information content (AvgIpc) is 2.98. The minimum absolute atomic E-state index is 0.184. The van der Waals surface area contributed by atoms with Gasteiger partial charge >= 0.3 is 6.03 Å². The van der Waals surface area contributed by atoms with Crippen LogP contribution in [0, 0.1) is 12.1 Å². The molecule has 10 nitrogen and oxygen atoms in total. The number of rotatable bonds is 3. The van der Waals surface area contributed by atoms with Gasteiger partial charge in [0.1, 0.15) is 23.4 Å². The van der Waals surface area contributed by atoms with Gasteiger partial charge in [-0.05, 0) is 25.3 Å². The molecule has 158 valence electrons.